The predicted molar refractivity (Wildman–Crippen MR) is 58.5 cm³/mol. The predicted octanol–water partition coefficient (Wildman–Crippen LogP) is 4.08. The van der Waals surface area contributed by atoms with E-state index >= 15 is 0 Å². The molecule has 0 aliphatic heterocycles. The summed E-state index contributed by atoms with van der Waals surface area (Å²) < 4.78 is 5.33. The number of hydrogen-bond acceptors (Lipinski definition) is 1. The highest BCUT2D eigenvalue weighted by atomic mass is 16.3. The molecule has 1 heteroatoms. The number of rotatable bonds is 2. The highest BCUT2D eigenvalue weighted by Gasteiger charge is 2.28. The maximum Gasteiger partial charge on any atom is 0.0940 e. The van der Waals surface area contributed by atoms with Gasteiger partial charge in [0.15, 0.2) is 0 Å². The van der Waals surface area contributed by atoms with Gasteiger partial charge < -0.3 is 4.42 Å². The lowest BCUT2D eigenvalue weighted by molar-refractivity contribution is 0.439. The van der Waals surface area contributed by atoms with Gasteiger partial charge in [-0.1, -0.05) is 19.9 Å². The zero-order valence-electron chi connectivity index (χ0n) is 8.99. The van der Waals surface area contributed by atoms with E-state index in [-0.39, 0.29) is 0 Å². The largest absolute Gasteiger partial charge is 0.472 e. The summed E-state index contributed by atoms with van der Waals surface area (Å²) in [5.74, 6) is 1.84. The minimum Gasteiger partial charge on any atom is -0.472 e. The standard InChI is InChI=1S/C13H18O/c1-4-9(2)11-6-5-10(3)12-7-14-8-13(11)12/h4,7-11H,1,5-6H2,2-3H3/t9-,10-,11+/m0/s1. The lowest BCUT2D eigenvalue weighted by Crippen LogP contribution is -2.15. The van der Waals surface area contributed by atoms with Crippen molar-refractivity contribution in [2.24, 2.45) is 5.92 Å². The minimum absolute atomic E-state index is 0.554. The molecule has 3 atom stereocenters. The van der Waals surface area contributed by atoms with Gasteiger partial charge in [-0.3, -0.25) is 0 Å². The Kier molecular flexibility index (Phi) is 2.49. The van der Waals surface area contributed by atoms with Crippen LogP contribution in [-0.2, 0) is 0 Å². The molecule has 1 aromatic heterocycles. The molecule has 1 aromatic rings. The monoisotopic (exact) mass is 190 g/mol. The molecular formula is C13H18O. The fraction of sp³-hybridized carbons (Fsp3) is 0.538. The minimum atomic E-state index is 0.554. The molecule has 0 N–H and O–H groups in total. The summed E-state index contributed by atoms with van der Waals surface area (Å²) >= 11 is 0. The van der Waals surface area contributed by atoms with Crippen LogP contribution in [-0.4, -0.2) is 0 Å². The molecule has 1 heterocycles. The smallest absolute Gasteiger partial charge is 0.0940 e. The second-order valence-corrected chi connectivity index (χ2v) is 4.46. The summed E-state index contributed by atoms with van der Waals surface area (Å²) in [6.45, 7) is 8.40. The van der Waals surface area contributed by atoms with Crippen LogP contribution in [0.4, 0.5) is 0 Å². The van der Waals surface area contributed by atoms with E-state index in [1.807, 2.05) is 12.5 Å². The molecule has 0 radical (unpaired) electrons. The van der Waals surface area contributed by atoms with Crippen LogP contribution in [0.15, 0.2) is 29.6 Å². The van der Waals surface area contributed by atoms with Crippen molar-refractivity contribution in [2.75, 3.05) is 0 Å². The molecule has 0 saturated heterocycles. The lowest BCUT2D eigenvalue weighted by atomic mass is 9.74. The van der Waals surface area contributed by atoms with Crippen molar-refractivity contribution in [1.82, 2.24) is 0 Å². The molecule has 1 nitrogen and oxygen atoms in total. The van der Waals surface area contributed by atoms with Crippen molar-refractivity contribution < 1.29 is 4.42 Å². The zero-order chi connectivity index (χ0) is 10.1. The number of furan rings is 1. The molecule has 1 aliphatic rings. The van der Waals surface area contributed by atoms with Crippen molar-refractivity contribution in [2.45, 2.75) is 38.5 Å². The van der Waals surface area contributed by atoms with E-state index in [4.69, 9.17) is 4.42 Å². The fourth-order valence-corrected chi connectivity index (χ4v) is 2.47. The van der Waals surface area contributed by atoms with Gasteiger partial charge >= 0.3 is 0 Å². The van der Waals surface area contributed by atoms with Gasteiger partial charge in [-0.2, -0.15) is 0 Å². The van der Waals surface area contributed by atoms with Gasteiger partial charge in [0.2, 0.25) is 0 Å². The van der Waals surface area contributed by atoms with Crippen LogP contribution in [0, 0.1) is 5.92 Å². The van der Waals surface area contributed by atoms with Crippen LogP contribution in [0.5, 0.6) is 0 Å². The third-order valence-corrected chi connectivity index (χ3v) is 3.57. The van der Waals surface area contributed by atoms with Gasteiger partial charge in [-0.05, 0) is 41.7 Å². The lowest BCUT2D eigenvalue weighted by Gasteiger charge is -2.29. The Labute approximate surface area is 85.8 Å². The first-order chi connectivity index (χ1) is 6.74. The van der Waals surface area contributed by atoms with Crippen molar-refractivity contribution in [3.05, 3.63) is 36.3 Å². The van der Waals surface area contributed by atoms with E-state index in [9.17, 15) is 0 Å². The van der Waals surface area contributed by atoms with Crippen LogP contribution in [0.3, 0.4) is 0 Å². The Balaban J connectivity index is 2.33. The molecule has 2 rings (SSSR count). The molecule has 0 amide bonds. The Hall–Kier alpha value is -0.980. The van der Waals surface area contributed by atoms with Crippen molar-refractivity contribution in [3.63, 3.8) is 0 Å². The third kappa shape index (κ3) is 1.41. The average Bonchev–Trinajstić information content (AvgIpc) is 2.67. The zero-order valence-corrected chi connectivity index (χ0v) is 8.99. The number of hydrogen-bond donors (Lipinski definition) is 0. The maximum atomic E-state index is 5.33. The fourth-order valence-electron chi connectivity index (χ4n) is 2.47. The van der Waals surface area contributed by atoms with Crippen LogP contribution in [0.1, 0.15) is 49.7 Å². The van der Waals surface area contributed by atoms with E-state index in [1.54, 1.807) is 0 Å². The van der Waals surface area contributed by atoms with Crippen LogP contribution in [0.25, 0.3) is 0 Å². The van der Waals surface area contributed by atoms with Gasteiger partial charge in [0.1, 0.15) is 0 Å². The summed E-state index contributed by atoms with van der Waals surface area (Å²) in [6.07, 6.45) is 8.44. The Morgan fingerprint density at radius 3 is 2.86 bits per heavy atom. The quantitative estimate of drug-likeness (QED) is 0.640. The molecule has 76 valence electrons. The summed E-state index contributed by atoms with van der Waals surface area (Å²) in [4.78, 5) is 0. The maximum absolute atomic E-state index is 5.33. The molecule has 14 heavy (non-hydrogen) atoms. The molecule has 0 fully saturated rings. The first kappa shape index (κ1) is 9.57. The third-order valence-electron chi connectivity index (χ3n) is 3.57. The van der Waals surface area contributed by atoms with Gasteiger partial charge in [-0.25, -0.2) is 0 Å². The Morgan fingerprint density at radius 1 is 1.43 bits per heavy atom. The van der Waals surface area contributed by atoms with E-state index in [1.165, 1.54) is 24.0 Å². The normalized spacial score (nSPS) is 28.1. The van der Waals surface area contributed by atoms with E-state index in [2.05, 4.69) is 26.5 Å². The van der Waals surface area contributed by atoms with Gasteiger partial charge in [0.25, 0.3) is 0 Å². The Morgan fingerprint density at radius 2 is 2.14 bits per heavy atom. The van der Waals surface area contributed by atoms with Gasteiger partial charge in [0, 0.05) is 0 Å². The second-order valence-electron chi connectivity index (χ2n) is 4.46. The van der Waals surface area contributed by atoms with Crippen molar-refractivity contribution >= 4 is 0 Å². The van der Waals surface area contributed by atoms with Crippen molar-refractivity contribution in [1.29, 1.82) is 0 Å². The van der Waals surface area contributed by atoms with Crippen LogP contribution < -0.4 is 0 Å². The summed E-state index contributed by atoms with van der Waals surface area (Å²) in [6, 6.07) is 0. The first-order valence-electron chi connectivity index (χ1n) is 5.42. The molecular weight excluding hydrogens is 172 g/mol. The molecule has 0 saturated carbocycles. The molecule has 0 aromatic carbocycles. The molecule has 0 spiro atoms. The van der Waals surface area contributed by atoms with Crippen molar-refractivity contribution in [3.8, 4) is 0 Å². The first-order valence-corrected chi connectivity index (χ1v) is 5.42. The summed E-state index contributed by atoms with van der Waals surface area (Å²) in [5, 5.41) is 0. The average molecular weight is 190 g/mol. The highest BCUT2D eigenvalue weighted by molar-refractivity contribution is 5.32. The van der Waals surface area contributed by atoms with Gasteiger partial charge in [0.05, 0.1) is 12.5 Å². The van der Waals surface area contributed by atoms with E-state index in [0.717, 1.165) is 0 Å². The highest BCUT2D eigenvalue weighted by Crippen LogP contribution is 2.42. The second kappa shape index (κ2) is 3.64. The molecule has 0 bridgehead atoms. The topological polar surface area (TPSA) is 13.1 Å². The van der Waals surface area contributed by atoms with Crippen LogP contribution >= 0.6 is 0 Å². The number of allylic oxidation sites excluding steroid dienone is 1. The molecule has 0 unspecified atom stereocenters. The Bertz CT molecular complexity index is 324. The SMILES string of the molecule is C=C[C@H](C)[C@H]1CC[C@H](C)c2cocc21. The van der Waals surface area contributed by atoms with E-state index < -0.39 is 0 Å². The molecule has 1 aliphatic carbocycles. The summed E-state index contributed by atoms with van der Waals surface area (Å²) in [5.41, 5.74) is 2.83. The van der Waals surface area contributed by atoms with Crippen LogP contribution in [0.2, 0.25) is 0 Å². The van der Waals surface area contributed by atoms with Gasteiger partial charge in [-0.15, -0.1) is 6.58 Å². The van der Waals surface area contributed by atoms with E-state index in [0.29, 0.717) is 17.8 Å². The summed E-state index contributed by atoms with van der Waals surface area (Å²) in [7, 11) is 0. The number of fused-ring (bicyclic) bond motifs is 1.